The lowest BCUT2D eigenvalue weighted by Gasteiger charge is -2.43. The summed E-state index contributed by atoms with van der Waals surface area (Å²) < 4.78 is 5.53. The molecule has 4 rings (SSSR count). The van der Waals surface area contributed by atoms with Gasteiger partial charge in [-0.25, -0.2) is 0 Å². The third-order valence-electron chi connectivity index (χ3n) is 5.85. The van der Waals surface area contributed by atoms with Crippen molar-refractivity contribution in [2.45, 2.75) is 50.7 Å². The van der Waals surface area contributed by atoms with Crippen LogP contribution in [0.4, 0.5) is 0 Å². The van der Waals surface area contributed by atoms with Gasteiger partial charge in [-0.2, -0.15) is 0 Å². The highest BCUT2D eigenvalue weighted by atomic mass is 16.5. The first kappa shape index (κ1) is 16.7. The first-order valence-corrected chi connectivity index (χ1v) is 9.56. The molecule has 2 atom stereocenters. The number of ether oxygens (including phenoxy) is 1. The van der Waals surface area contributed by atoms with E-state index in [0.717, 1.165) is 31.0 Å². The summed E-state index contributed by atoms with van der Waals surface area (Å²) in [6, 6.07) is 9.00. The van der Waals surface area contributed by atoms with Crippen molar-refractivity contribution in [3.63, 3.8) is 0 Å². The summed E-state index contributed by atoms with van der Waals surface area (Å²) in [5.74, 6) is 0.461. The van der Waals surface area contributed by atoms with E-state index in [1.54, 1.807) is 0 Å². The van der Waals surface area contributed by atoms with Crippen LogP contribution in [0.3, 0.4) is 0 Å². The van der Waals surface area contributed by atoms with Crippen LogP contribution >= 0.6 is 0 Å². The van der Waals surface area contributed by atoms with Gasteiger partial charge < -0.3 is 21.1 Å². The summed E-state index contributed by atoms with van der Waals surface area (Å²) in [5, 5.41) is 7.37. The Kier molecular flexibility index (Phi) is 4.57. The van der Waals surface area contributed by atoms with E-state index >= 15 is 0 Å². The molecule has 0 bridgehead atoms. The van der Waals surface area contributed by atoms with Gasteiger partial charge in [-0.3, -0.25) is 0 Å². The van der Waals surface area contributed by atoms with E-state index in [2.05, 4.69) is 54.0 Å². The smallest absolute Gasteiger partial charge is 0.130 e. The average molecular weight is 339 g/mol. The van der Waals surface area contributed by atoms with E-state index in [1.165, 1.54) is 36.8 Å². The lowest BCUT2D eigenvalue weighted by atomic mass is 9.85. The number of hydrogen-bond acceptors (Lipinski definition) is 4. The lowest BCUT2D eigenvalue weighted by molar-refractivity contribution is 0.188. The second-order valence-corrected chi connectivity index (χ2v) is 7.71. The molecule has 0 spiro atoms. The fraction of sp³-hybridized carbons (Fsp3) is 0.524. The molecule has 1 aromatic rings. The van der Waals surface area contributed by atoms with E-state index in [0.29, 0.717) is 12.0 Å². The second-order valence-electron chi connectivity index (χ2n) is 7.71. The monoisotopic (exact) mass is 339 g/mol. The molecule has 25 heavy (non-hydrogen) atoms. The maximum atomic E-state index is 7.02. The molecule has 4 heteroatoms. The lowest BCUT2D eigenvalue weighted by Crippen LogP contribution is -2.63. The molecule has 0 aromatic heterocycles. The van der Waals surface area contributed by atoms with Gasteiger partial charge in [0.15, 0.2) is 0 Å². The third kappa shape index (κ3) is 3.33. The fourth-order valence-corrected chi connectivity index (χ4v) is 4.28. The van der Waals surface area contributed by atoms with Gasteiger partial charge in [0.05, 0.1) is 18.3 Å². The molecule has 1 aliphatic carbocycles. The van der Waals surface area contributed by atoms with Crippen molar-refractivity contribution >= 4 is 5.70 Å². The van der Waals surface area contributed by atoms with Gasteiger partial charge in [0.1, 0.15) is 5.66 Å². The Morgan fingerprint density at radius 3 is 2.56 bits per heavy atom. The minimum absolute atomic E-state index is 0.367. The molecule has 1 aromatic carbocycles. The zero-order chi connectivity index (χ0) is 17.3. The molecular formula is C21H29N3O. The zero-order valence-electron chi connectivity index (χ0n) is 15.1. The van der Waals surface area contributed by atoms with Crippen LogP contribution in [0.15, 0.2) is 42.1 Å². The highest BCUT2D eigenvalue weighted by Crippen LogP contribution is 2.38. The molecule has 4 nitrogen and oxygen atoms in total. The van der Waals surface area contributed by atoms with Crippen LogP contribution in [0.25, 0.3) is 5.70 Å². The maximum Gasteiger partial charge on any atom is 0.130 e. The largest absolute Gasteiger partial charge is 0.380 e. The summed E-state index contributed by atoms with van der Waals surface area (Å²) in [7, 11) is 0. The van der Waals surface area contributed by atoms with Crippen molar-refractivity contribution in [2.24, 2.45) is 11.7 Å². The number of dihydropyridines is 1. The SMILES string of the molecule is Cc1ccc(C2=CC=C(NC3CCOC3)C(N)(C3CCCC3)N2)cc1. The number of aryl methyl sites for hydroxylation is 1. The minimum Gasteiger partial charge on any atom is -0.380 e. The van der Waals surface area contributed by atoms with Crippen molar-refractivity contribution in [1.82, 2.24) is 10.6 Å². The molecule has 134 valence electrons. The summed E-state index contributed by atoms with van der Waals surface area (Å²) in [5.41, 5.74) is 11.2. The van der Waals surface area contributed by atoms with Crippen molar-refractivity contribution in [3.05, 3.63) is 53.2 Å². The van der Waals surface area contributed by atoms with Crippen molar-refractivity contribution in [3.8, 4) is 0 Å². The van der Waals surface area contributed by atoms with Crippen LogP contribution < -0.4 is 16.4 Å². The average Bonchev–Trinajstić information content (AvgIpc) is 3.31. The normalized spacial score (nSPS) is 29.9. The molecule has 2 fully saturated rings. The number of nitrogens with one attached hydrogen (secondary N) is 2. The van der Waals surface area contributed by atoms with Gasteiger partial charge in [-0.1, -0.05) is 42.7 Å². The highest BCUT2D eigenvalue weighted by Gasteiger charge is 2.42. The standard InChI is InChI=1S/C21H29N3O/c1-15-6-8-16(9-7-15)19-10-11-20(23-18-12-13-25-14-18)21(22,24-19)17-4-2-3-5-17/h6-11,17-18,23-24H,2-5,12-14,22H2,1H3. The Morgan fingerprint density at radius 1 is 1.12 bits per heavy atom. The van der Waals surface area contributed by atoms with Crippen molar-refractivity contribution in [2.75, 3.05) is 13.2 Å². The van der Waals surface area contributed by atoms with Crippen molar-refractivity contribution in [1.29, 1.82) is 0 Å². The van der Waals surface area contributed by atoms with Crippen LogP contribution in [0.2, 0.25) is 0 Å². The predicted octanol–water partition coefficient (Wildman–Crippen LogP) is 3.05. The molecule has 2 unspecified atom stereocenters. The Hall–Kier alpha value is -1.78. The Bertz CT molecular complexity index is 667. The van der Waals surface area contributed by atoms with Gasteiger partial charge >= 0.3 is 0 Å². The zero-order valence-corrected chi connectivity index (χ0v) is 15.1. The number of allylic oxidation sites excluding steroid dienone is 2. The molecule has 1 saturated heterocycles. The Balaban J connectivity index is 1.63. The highest BCUT2D eigenvalue weighted by molar-refractivity contribution is 5.69. The topological polar surface area (TPSA) is 59.3 Å². The van der Waals surface area contributed by atoms with E-state index in [-0.39, 0.29) is 0 Å². The quantitative estimate of drug-likeness (QED) is 0.789. The number of benzene rings is 1. The first-order chi connectivity index (χ1) is 12.1. The summed E-state index contributed by atoms with van der Waals surface area (Å²) in [4.78, 5) is 0. The van der Waals surface area contributed by atoms with Crippen LogP contribution in [-0.4, -0.2) is 24.9 Å². The molecule has 0 radical (unpaired) electrons. The number of nitrogens with two attached hydrogens (primary N) is 1. The van der Waals surface area contributed by atoms with Crippen LogP contribution in [0, 0.1) is 12.8 Å². The summed E-state index contributed by atoms with van der Waals surface area (Å²) in [6.45, 7) is 3.72. The van der Waals surface area contributed by atoms with Gasteiger partial charge in [0.25, 0.3) is 0 Å². The van der Waals surface area contributed by atoms with E-state index < -0.39 is 5.66 Å². The maximum absolute atomic E-state index is 7.02. The second kappa shape index (κ2) is 6.85. The molecule has 2 aliphatic heterocycles. The van der Waals surface area contributed by atoms with Gasteiger partial charge in [0, 0.05) is 18.2 Å². The van der Waals surface area contributed by atoms with E-state index in [4.69, 9.17) is 10.5 Å². The molecular weight excluding hydrogens is 310 g/mol. The molecule has 1 saturated carbocycles. The summed E-state index contributed by atoms with van der Waals surface area (Å²) in [6.07, 6.45) is 10.3. The minimum atomic E-state index is -0.520. The van der Waals surface area contributed by atoms with Crippen molar-refractivity contribution < 1.29 is 4.74 Å². The first-order valence-electron chi connectivity index (χ1n) is 9.56. The van der Waals surface area contributed by atoms with Crippen LogP contribution in [-0.2, 0) is 4.74 Å². The fourth-order valence-electron chi connectivity index (χ4n) is 4.28. The number of rotatable bonds is 4. The Labute approximate surface area is 150 Å². The molecule has 4 N–H and O–H groups in total. The third-order valence-corrected chi connectivity index (χ3v) is 5.85. The molecule has 2 heterocycles. The predicted molar refractivity (Wildman–Crippen MR) is 102 cm³/mol. The van der Waals surface area contributed by atoms with Gasteiger partial charge in [0.2, 0.25) is 0 Å². The van der Waals surface area contributed by atoms with Gasteiger partial charge in [-0.05, 0) is 43.9 Å². The molecule has 0 amide bonds. The Morgan fingerprint density at radius 2 is 1.88 bits per heavy atom. The van der Waals surface area contributed by atoms with Crippen LogP contribution in [0.1, 0.15) is 43.2 Å². The van der Waals surface area contributed by atoms with E-state index in [9.17, 15) is 0 Å². The number of hydrogen-bond donors (Lipinski definition) is 3. The molecule has 3 aliphatic rings. The van der Waals surface area contributed by atoms with E-state index in [1.807, 2.05) is 0 Å². The van der Waals surface area contributed by atoms with Crippen LogP contribution in [0.5, 0.6) is 0 Å². The summed E-state index contributed by atoms with van der Waals surface area (Å²) >= 11 is 0. The van der Waals surface area contributed by atoms with Gasteiger partial charge in [-0.15, -0.1) is 0 Å².